The Kier molecular flexibility index (Phi) is 7.42. The lowest BCUT2D eigenvalue weighted by Crippen LogP contribution is -2.45. The molecule has 4 rings (SSSR count). The number of carboxylic acid groups (broad SMARTS) is 1. The Hall–Kier alpha value is -3.63. The quantitative estimate of drug-likeness (QED) is 0.536. The minimum atomic E-state index is -3.07. The summed E-state index contributed by atoms with van der Waals surface area (Å²) in [5.41, 5.74) is 2.03. The molecule has 0 unspecified atom stereocenters. The van der Waals surface area contributed by atoms with Gasteiger partial charge in [0.05, 0.1) is 5.69 Å². The number of aromatic nitrogens is 1. The fraction of sp³-hybridized carbons (Fsp3) is 0.462. The van der Waals surface area contributed by atoms with Crippen LogP contribution in [0.4, 0.5) is 18.9 Å². The van der Waals surface area contributed by atoms with Crippen LogP contribution in [-0.2, 0) is 32.6 Å². The highest BCUT2D eigenvalue weighted by atomic mass is 19.3. The van der Waals surface area contributed by atoms with Crippen LogP contribution >= 0.6 is 0 Å². The summed E-state index contributed by atoms with van der Waals surface area (Å²) in [6, 6.07) is 4.42. The van der Waals surface area contributed by atoms with Gasteiger partial charge in [-0.15, -0.1) is 0 Å². The Bertz CT molecular complexity index is 1230. The number of fused-ring (bicyclic) bond motifs is 2. The van der Waals surface area contributed by atoms with E-state index in [9.17, 15) is 27.6 Å². The van der Waals surface area contributed by atoms with E-state index in [-0.39, 0.29) is 49.2 Å². The van der Waals surface area contributed by atoms with Crippen LogP contribution in [0, 0.1) is 5.82 Å². The van der Waals surface area contributed by atoms with E-state index in [2.05, 4.69) is 15.0 Å². The molecule has 1 aliphatic heterocycles. The van der Waals surface area contributed by atoms with Gasteiger partial charge in [-0.05, 0) is 54.0 Å². The molecule has 8 nitrogen and oxygen atoms in total. The van der Waals surface area contributed by atoms with Crippen molar-refractivity contribution in [1.29, 1.82) is 0 Å². The van der Waals surface area contributed by atoms with E-state index in [1.54, 1.807) is 6.07 Å². The van der Waals surface area contributed by atoms with Gasteiger partial charge in [-0.2, -0.15) is 8.78 Å². The lowest BCUT2D eigenvalue weighted by atomic mass is 9.86. The molecular formula is C26H28F3N3O5. The molecule has 1 atom stereocenters. The summed E-state index contributed by atoms with van der Waals surface area (Å²) in [4.78, 5) is 42.8. The van der Waals surface area contributed by atoms with Gasteiger partial charge in [-0.3, -0.25) is 14.4 Å². The van der Waals surface area contributed by atoms with Gasteiger partial charge >= 0.3 is 12.6 Å². The fourth-order valence-electron chi connectivity index (χ4n) is 5.18. The van der Waals surface area contributed by atoms with Crippen molar-refractivity contribution in [2.45, 2.75) is 70.4 Å². The van der Waals surface area contributed by atoms with Crippen molar-refractivity contribution >= 4 is 23.5 Å². The van der Waals surface area contributed by atoms with Crippen LogP contribution in [0.2, 0.25) is 0 Å². The monoisotopic (exact) mass is 519 g/mol. The molecule has 0 fully saturated rings. The second-order valence-corrected chi connectivity index (χ2v) is 9.92. The van der Waals surface area contributed by atoms with Crippen molar-refractivity contribution in [3.63, 3.8) is 0 Å². The summed E-state index contributed by atoms with van der Waals surface area (Å²) >= 11 is 0. The number of ether oxygens (including phenoxy) is 1. The highest BCUT2D eigenvalue weighted by Gasteiger charge is 2.38. The van der Waals surface area contributed by atoms with Crippen LogP contribution in [0.3, 0.4) is 0 Å². The number of anilines is 1. The predicted octanol–water partition coefficient (Wildman–Crippen LogP) is 4.37. The fourth-order valence-corrected chi connectivity index (χ4v) is 5.18. The summed E-state index contributed by atoms with van der Waals surface area (Å²) in [5.74, 6) is -2.81. The third-order valence-corrected chi connectivity index (χ3v) is 6.87. The SMILES string of the molecule is CC1(C)CCc2cc(NC(=O)[C@H]3c4ccc(OC(F)F)nc4CCN3C(=O)CCCC(=O)O)cc(F)c21. The third kappa shape index (κ3) is 5.70. The molecule has 2 N–H and O–H groups in total. The Balaban J connectivity index is 1.63. The lowest BCUT2D eigenvalue weighted by Gasteiger charge is -2.36. The normalized spacial score (nSPS) is 17.8. The van der Waals surface area contributed by atoms with Crippen LogP contribution < -0.4 is 10.1 Å². The number of hydrogen-bond donors (Lipinski definition) is 2. The maximum absolute atomic E-state index is 15.0. The summed E-state index contributed by atoms with van der Waals surface area (Å²) in [6.07, 6.45) is 1.44. The first-order valence-corrected chi connectivity index (χ1v) is 12.1. The van der Waals surface area contributed by atoms with Crippen molar-refractivity contribution in [2.75, 3.05) is 11.9 Å². The first-order chi connectivity index (χ1) is 17.5. The number of amides is 2. The van der Waals surface area contributed by atoms with Crippen molar-refractivity contribution in [3.05, 3.63) is 52.5 Å². The number of aliphatic carboxylic acids is 1. The Labute approximate surface area is 211 Å². The zero-order valence-corrected chi connectivity index (χ0v) is 20.5. The van der Waals surface area contributed by atoms with Gasteiger partial charge in [0.2, 0.25) is 11.8 Å². The van der Waals surface area contributed by atoms with Gasteiger partial charge in [-0.1, -0.05) is 13.8 Å². The highest BCUT2D eigenvalue weighted by Crippen LogP contribution is 2.41. The number of rotatable bonds is 8. The second-order valence-electron chi connectivity index (χ2n) is 9.92. The van der Waals surface area contributed by atoms with Crippen LogP contribution in [0.5, 0.6) is 5.88 Å². The minimum Gasteiger partial charge on any atom is -0.481 e. The molecule has 1 aromatic carbocycles. The topological polar surface area (TPSA) is 109 Å². The number of carbonyl (C=O) groups is 3. The molecule has 0 saturated carbocycles. The molecule has 1 aromatic heterocycles. The van der Waals surface area contributed by atoms with Crippen LogP contribution in [0.15, 0.2) is 24.3 Å². The summed E-state index contributed by atoms with van der Waals surface area (Å²) in [7, 11) is 0. The Morgan fingerprint density at radius 1 is 1.22 bits per heavy atom. The van der Waals surface area contributed by atoms with E-state index in [4.69, 9.17) is 5.11 Å². The van der Waals surface area contributed by atoms with E-state index in [1.165, 1.54) is 23.1 Å². The van der Waals surface area contributed by atoms with Crippen LogP contribution in [0.1, 0.15) is 68.0 Å². The van der Waals surface area contributed by atoms with Gasteiger partial charge in [0, 0.05) is 43.1 Å². The average molecular weight is 520 g/mol. The maximum atomic E-state index is 15.0. The van der Waals surface area contributed by atoms with E-state index >= 15 is 0 Å². The zero-order chi connectivity index (χ0) is 26.9. The van der Waals surface area contributed by atoms with Crippen molar-refractivity contribution in [2.24, 2.45) is 0 Å². The molecule has 0 radical (unpaired) electrons. The van der Waals surface area contributed by atoms with Crippen LogP contribution in [-0.4, -0.2) is 45.9 Å². The molecule has 1 aliphatic carbocycles. The molecule has 2 heterocycles. The van der Waals surface area contributed by atoms with E-state index in [1.807, 2.05) is 13.8 Å². The smallest absolute Gasteiger partial charge is 0.388 e. The predicted molar refractivity (Wildman–Crippen MR) is 127 cm³/mol. The number of benzene rings is 1. The van der Waals surface area contributed by atoms with E-state index in [0.717, 1.165) is 12.0 Å². The van der Waals surface area contributed by atoms with Gasteiger partial charge < -0.3 is 20.1 Å². The summed E-state index contributed by atoms with van der Waals surface area (Å²) in [5, 5.41) is 11.6. The standard InChI is InChI=1S/C26H28F3N3O5/c1-26(2)10-8-14-12-15(13-17(27)22(14)26)30-24(36)23-16-6-7-19(37-25(28)29)31-18(16)9-11-32(23)20(33)4-3-5-21(34)35/h6-7,12-13,23,25H,3-5,8-11H2,1-2H3,(H,30,36)(H,34,35)/t23-/m1/s1. The number of aryl methyl sites for hydroxylation is 1. The number of nitrogens with one attached hydrogen (secondary N) is 1. The highest BCUT2D eigenvalue weighted by molar-refractivity contribution is 5.98. The summed E-state index contributed by atoms with van der Waals surface area (Å²) < 4.78 is 44.7. The number of carboxylic acids is 1. The van der Waals surface area contributed by atoms with Gasteiger partial charge in [0.15, 0.2) is 0 Å². The number of pyridine rings is 1. The maximum Gasteiger partial charge on any atom is 0.388 e. The first-order valence-electron chi connectivity index (χ1n) is 12.1. The molecule has 0 spiro atoms. The van der Waals surface area contributed by atoms with E-state index in [0.29, 0.717) is 23.2 Å². The molecule has 37 heavy (non-hydrogen) atoms. The average Bonchev–Trinajstić information content (AvgIpc) is 3.12. The van der Waals surface area contributed by atoms with E-state index < -0.39 is 36.3 Å². The number of alkyl halides is 2. The Morgan fingerprint density at radius 3 is 2.68 bits per heavy atom. The minimum absolute atomic E-state index is 0.0643. The molecule has 2 aliphatic rings. The lowest BCUT2D eigenvalue weighted by molar-refractivity contribution is -0.140. The number of halogens is 3. The van der Waals surface area contributed by atoms with Gasteiger partial charge in [0.25, 0.3) is 5.91 Å². The second kappa shape index (κ2) is 10.4. The molecular weight excluding hydrogens is 491 g/mol. The molecule has 11 heteroatoms. The Morgan fingerprint density at radius 2 is 1.97 bits per heavy atom. The van der Waals surface area contributed by atoms with Crippen molar-refractivity contribution in [3.8, 4) is 5.88 Å². The molecule has 2 amide bonds. The van der Waals surface area contributed by atoms with Crippen LogP contribution in [0.25, 0.3) is 0 Å². The first kappa shape index (κ1) is 26.4. The largest absolute Gasteiger partial charge is 0.481 e. The molecule has 2 aromatic rings. The molecule has 0 saturated heterocycles. The van der Waals surface area contributed by atoms with Crippen molar-refractivity contribution in [1.82, 2.24) is 9.88 Å². The number of carbonyl (C=O) groups excluding carboxylic acids is 2. The number of nitrogens with zero attached hydrogens (tertiary/aromatic N) is 2. The summed E-state index contributed by atoms with van der Waals surface area (Å²) in [6.45, 7) is 0.924. The third-order valence-electron chi connectivity index (χ3n) is 6.87. The zero-order valence-electron chi connectivity index (χ0n) is 20.5. The molecule has 198 valence electrons. The number of hydrogen-bond acceptors (Lipinski definition) is 5. The molecule has 0 bridgehead atoms. The van der Waals surface area contributed by atoms with Gasteiger partial charge in [-0.25, -0.2) is 9.37 Å². The van der Waals surface area contributed by atoms with Crippen molar-refractivity contribution < 1.29 is 37.4 Å². The van der Waals surface area contributed by atoms with Gasteiger partial charge in [0.1, 0.15) is 11.9 Å².